The summed E-state index contributed by atoms with van der Waals surface area (Å²) in [5.41, 5.74) is 6.19. The summed E-state index contributed by atoms with van der Waals surface area (Å²) in [4.78, 5) is 12.8. The number of amides is 1. The molecular formula is C26H27N3O3. The van der Waals surface area contributed by atoms with Crippen LogP contribution in [0.3, 0.4) is 0 Å². The largest absolute Gasteiger partial charge is 0.493 e. The minimum atomic E-state index is -0.136. The summed E-state index contributed by atoms with van der Waals surface area (Å²) < 4.78 is 10.8. The molecule has 0 aromatic heterocycles. The van der Waals surface area contributed by atoms with Crippen LogP contribution in [0.5, 0.6) is 11.5 Å². The number of anilines is 3. The number of carbonyl (C=O) groups is 1. The Morgan fingerprint density at radius 1 is 0.906 bits per heavy atom. The minimum Gasteiger partial charge on any atom is -0.493 e. The molecule has 0 fully saturated rings. The molecule has 32 heavy (non-hydrogen) atoms. The Hall–Kier alpha value is -3.93. The molecule has 0 bridgehead atoms. The van der Waals surface area contributed by atoms with Crippen molar-refractivity contribution >= 4 is 28.5 Å². The van der Waals surface area contributed by atoms with E-state index < -0.39 is 0 Å². The highest BCUT2D eigenvalue weighted by atomic mass is 16.5. The van der Waals surface area contributed by atoms with E-state index in [1.807, 2.05) is 55.5 Å². The van der Waals surface area contributed by atoms with Crippen LogP contribution >= 0.6 is 0 Å². The maximum absolute atomic E-state index is 12.8. The summed E-state index contributed by atoms with van der Waals surface area (Å²) in [7, 11) is 3.17. The topological polar surface area (TPSA) is 71.6 Å². The van der Waals surface area contributed by atoms with Gasteiger partial charge in [0.05, 0.1) is 25.5 Å². The van der Waals surface area contributed by atoms with Gasteiger partial charge in [-0.15, -0.1) is 0 Å². The molecule has 3 aromatic rings. The second-order valence-electron chi connectivity index (χ2n) is 7.46. The van der Waals surface area contributed by atoms with Gasteiger partial charge in [-0.05, 0) is 42.3 Å². The molecule has 4 rings (SSSR count). The molecule has 164 valence electrons. The van der Waals surface area contributed by atoms with E-state index in [0.29, 0.717) is 23.5 Å². The Labute approximate surface area is 188 Å². The van der Waals surface area contributed by atoms with Crippen LogP contribution in [0.2, 0.25) is 0 Å². The number of hydrogen-bond acceptors (Lipinski definition) is 5. The highest BCUT2D eigenvalue weighted by molar-refractivity contribution is 6.32. The quantitative estimate of drug-likeness (QED) is 0.412. The Bertz CT molecular complexity index is 1140. The van der Waals surface area contributed by atoms with Gasteiger partial charge in [-0.3, -0.25) is 4.79 Å². The summed E-state index contributed by atoms with van der Waals surface area (Å²) >= 11 is 0. The molecular weight excluding hydrogens is 402 g/mol. The third kappa shape index (κ3) is 4.39. The maximum atomic E-state index is 12.8. The number of hydrogen-bond donors (Lipinski definition) is 3. The van der Waals surface area contributed by atoms with Gasteiger partial charge in [0.2, 0.25) is 0 Å². The fourth-order valence-corrected chi connectivity index (χ4v) is 3.76. The highest BCUT2D eigenvalue weighted by Gasteiger charge is 2.29. The van der Waals surface area contributed by atoms with Gasteiger partial charge in [0, 0.05) is 35.2 Å². The van der Waals surface area contributed by atoms with Crippen molar-refractivity contribution in [1.82, 2.24) is 0 Å². The third-order valence-corrected chi connectivity index (χ3v) is 5.44. The lowest BCUT2D eigenvalue weighted by Gasteiger charge is -2.14. The van der Waals surface area contributed by atoms with Crippen molar-refractivity contribution in [3.63, 3.8) is 0 Å². The highest BCUT2D eigenvalue weighted by Crippen LogP contribution is 2.42. The van der Waals surface area contributed by atoms with E-state index in [2.05, 4.69) is 28.1 Å². The number of benzene rings is 3. The van der Waals surface area contributed by atoms with E-state index in [4.69, 9.17) is 9.47 Å². The maximum Gasteiger partial charge on any atom is 0.258 e. The first-order chi connectivity index (χ1) is 15.6. The Balaban J connectivity index is 1.55. The number of nitrogens with one attached hydrogen (secondary N) is 3. The molecule has 0 radical (unpaired) electrons. The van der Waals surface area contributed by atoms with Crippen molar-refractivity contribution < 1.29 is 14.3 Å². The number of ether oxygens (including phenoxy) is 2. The van der Waals surface area contributed by atoms with Crippen molar-refractivity contribution in [2.24, 2.45) is 0 Å². The van der Waals surface area contributed by atoms with Crippen molar-refractivity contribution in [3.05, 3.63) is 83.6 Å². The zero-order valence-corrected chi connectivity index (χ0v) is 18.5. The third-order valence-electron chi connectivity index (χ3n) is 5.44. The normalized spacial score (nSPS) is 13.8. The number of rotatable bonds is 8. The molecule has 0 aliphatic carbocycles. The standard InChI is InChI=1S/C26H27N3O3/c1-4-21(25-20-14-23(31-2)24(32-3)15-22(20)29-26(25)30)28-19-12-10-17(11-13-19)16-27-18-8-6-5-7-9-18/h5-15,27-28H,4,16H2,1-3H3,(H,29,30). The van der Waals surface area contributed by atoms with Gasteiger partial charge in [0.15, 0.2) is 11.5 Å². The zero-order chi connectivity index (χ0) is 22.5. The first kappa shape index (κ1) is 21.3. The molecule has 0 unspecified atom stereocenters. The van der Waals surface area contributed by atoms with Crippen molar-refractivity contribution in [3.8, 4) is 11.5 Å². The van der Waals surface area contributed by atoms with Crippen molar-refractivity contribution in [1.29, 1.82) is 0 Å². The van der Waals surface area contributed by atoms with Crippen molar-refractivity contribution in [2.45, 2.75) is 19.9 Å². The van der Waals surface area contributed by atoms with Crippen LogP contribution in [-0.4, -0.2) is 20.1 Å². The Kier molecular flexibility index (Phi) is 6.31. The van der Waals surface area contributed by atoms with Crippen LogP contribution in [-0.2, 0) is 11.3 Å². The molecule has 3 N–H and O–H groups in total. The fraction of sp³-hybridized carbons (Fsp3) is 0.192. The number of allylic oxidation sites excluding steroid dienone is 1. The van der Waals surface area contributed by atoms with Crippen LogP contribution in [0.4, 0.5) is 17.1 Å². The van der Waals surface area contributed by atoms with Gasteiger partial charge >= 0.3 is 0 Å². The molecule has 1 aliphatic heterocycles. The van der Waals surface area contributed by atoms with Crippen LogP contribution in [0.15, 0.2) is 72.4 Å². The summed E-state index contributed by atoms with van der Waals surface area (Å²) in [5, 5.41) is 9.78. The van der Waals surface area contributed by atoms with Gasteiger partial charge in [0.25, 0.3) is 5.91 Å². The zero-order valence-electron chi connectivity index (χ0n) is 18.5. The molecule has 3 aromatic carbocycles. The van der Waals surface area contributed by atoms with E-state index in [9.17, 15) is 4.79 Å². The van der Waals surface area contributed by atoms with Crippen molar-refractivity contribution in [2.75, 3.05) is 30.2 Å². The van der Waals surface area contributed by atoms with Crippen LogP contribution in [0, 0.1) is 0 Å². The summed E-state index contributed by atoms with van der Waals surface area (Å²) in [5.74, 6) is 1.04. The molecule has 1 heterocycles. The molecule has 1 amide bonds. The molecule has 6 nitrogen and oxygen atoms in total. The average Bonchev–Trinajstić information content (AvgIpc) is 3.16. The van der Waals surface area contributed by atoms with E-state index in [1.165, 1.54) is 5.56 Å². The summed E-state index contributed by atoms with van der Waals surface area (Å²) in [6.07, 6.45) is 0.674. The fourth-order valence-electron chi connectivity index (χ4n) is 3.76. The molecule has 0 saturated heterocycles. The number of carbonyl (C=O) groups excluding carboxylic acids is 1. The Morgan fingerprint density at radius 2 is 1.59 bits per heavy atom. The van der Waals surface area contributed by atoms with Gasteiger partial charge in [-0.2, -0.15) is 0 Å². The predicted octanol–water partition coefficient (Wildman–Crippen LogP) is 5.50. The SMILES string of the molecule is CCC(Nc1ccc(CNc2ccccc2)cc1)=C1C(=O)Nc2cc(OC)c(OC)cc21. The second-order valence-corrected chi connectivity index (χ2v) is 7.46. The average molecular weight is 430 g/mol. The van der Waals surface area contributed by atoms with Crippen LogP contribution in [0.1, 0.15) is 24.5 Å². The van der Waals surface area contributed by atoms with E-state index in [0.717, 1.165) is 34.9 Å². The molecule has 0 saturated carbocycles. The lowest BCUT2D eigenvalue weighted by atomic mass is 10.0. The summed E-state index contributed by atoms with van der Waals surface area (Å²) in [6.45, 7) is 2.77. The van der Waals surface area contributed by atoms with Crippen LogP contribution < -0.4 is 25.4 Å². The number of methoxy groups -OCH3 is 2. The predicted molar refractivity (Wildman–Crippen MR) is 129 cm³/mol. The minimum absolute atomic E-state index is 0.136. The molecule has 1 aliphatic rings. The second kappa shape index (κ2) is 9.47. The smallest absolute Gasteiger partial charge is 0.258 e. The van der Waals surface area contributed by atoms with Gasteiger partial charge in [-0.1, -0.05) is 37.3 Å². The molecule has 0 spiro atoms. The van der Waals surface area contributed by atoms with E-state index in [1.54, 1.807) is 20.3 Å². The summed E-state index contributed by atoms with van der Waals surface area (Å²) in [6, 6.07) is 22.0. The van der Waals surface area contributed by atoms with E-state index in [-0.39, 0.29) is 5.91 Å². The first-order valence-corrected chi connectivity index (χ1v) is 10.6. The monoisotopic (exact) mass is 429 g/mol. The number of para-hydroxylation sites is 1. The lowest BCUT2D eigenvalue weighted by molar-refractivity contribution is -0.110. The Morgan fingerprint density at radius 3 is 2.25 bits per heavy atom. The molecule has 6 heteroatoms. The number of fused-ring (bicyclic) bond motifs is 1. The lowest BCUT2D eigenvalue weighted by Crippen LogP contribution is -2.10. The van der Waals surface area contributed by atoms with Gasteiger partial charge in [0.1, 0.15) is 0 Å². The van der Waals surface area contributed by atoms with Gasteiger partial charge in [-0.25, -0.2) is 0 Å². The molecule has 0 atom stereocenters. The van der Waals surface area contributed by atoms with Crippen LogP contribution in [0.25, 0.3) is 5.57 Å². The first-order valence-electron chi connectivity index (χ1n) is 10.6. The van der Waals surface area contributed by atoms with Gasteiger partial charge < -0.3 is 25.4 Å². The van der Waals surface area contributed by atoms with E-state index >= 15 is 0 Å².